The average molecular weight is 284 g/mol. The van der Waals surface area contributed by atoms with E-state index in [2.05, 4.69) is 10.7 Å². The first-order valence-electron chi connectivity index (χ1n) is 6.31. The number of amides is 2. The Bertz CT molecular complexity index is 690. The number of hydrazine groups is 1. The lowest BCUT2D eigenvalue weighted by atomic mass is 10.1. The number of nitro groups is 1. The smallest absolute Gasteiger partial charge is 0.311 e. The van der Waals surface area contributed by atoms with Gasteiger partial charge in [0.2, 0.25) is 0 Å². The lowest BCUT2D eigenvalue weighted by Gasteiger charge is -2.24. The maximum Gasteiger partial charge on any atom is 0.335 e. The summed E-state index contributed by atoms with van der Waals surface area (Å²) in [6.07, 6.45) is -0.416. The molecule has 1 fully saturated rings. The molecule has 2 aromatic carbocycles. The Balaban J connectivity index is 1.98. The molecule has 7 heteroatoms. The number of carbonyl (C=O) groups excluding carboxylic acids is 1. The number of nitrogens with one attached hydrogen (secondary N) is 2. The molecule has 1 aliphatic rings. The van der Waals surface area contributed by atoms with Crippen molar-refractivity contribution in [2.45, 2.75) is 6.17 Å². The van der Waals surface area contributed by atoms with E-state index in [1.807, 2.05) is 30.3 Å². The maximum atomic E-state index is 11.6. The minimum Gasteiger partial charge on any atom is -0.311 e. The second-order valence-electron chi connectivity index (χ2n) is 4.55. The normalized spacial score (nSPS) is 17.2. The van der Waals surface area contributed by atoms with E-state index >= 15 is 0 Å². The highest BCUT2D eigenvalue weighted by atomic mass is 16.6. The van der Waals surface area contributed by atoms with Crippen molar-refractivity contribution < 1.29 is 9.72 Å². The predicted octanol–water partition coefficient (Wildman–Crippen LogP) is 2.33. The summed E-state index contributed by atoms with van der Waals surface area (Å²) in [6, 6.07) is 15.1. The minimum absolute atomic E-state index is 0.0274. The quantitative estimate of drug-likeness (QED) is 0.669. The van der Waals surface area contributed by atoms with Crippen molar-refractivity contribution in [1.82, 2.24) is 10.7 Å². The summed E-state index contributed by atoms with van der Waals surface area (Å²) in [6.45, 7) is 0. The van der Waals surface area contributed by atoms with Gasteiger partial charge in [-0.05, 0) is 11.6 Å². The zero-order chi connectivity index (χ0) is 14.8. The van der Waals surface area contributed by atoms with Crippen LogP contribution in [0.2, 0.25) is 0 Å². The Labute approximate surface area is 120 Å². The van der Waals surface area contributed by atoms with Gasteiger partial charge in [0, 0.05) is 12.1 Å². The molecule has 1 saturated heterocycles. The van der Waals surface area contributed by atoms with Crippen LogP contribution in [-0.4, -0.2) is 11.0 Å². The average Bonchev–Trinajstić information content (AvgIpc) is 2.90. The number of anilines is 1. The number of urea groups is 1. The summed E-state index contributed by atoms with van der Waals surface area (Å²) in [4.78, 5) is 22.0. The van der Waals surface area contributed by atoms with E-state index in [0.29, 0.717) is 5.69 Å². The summed E-state index contributed by atoms with van der Waals surface area (Å²) in [5.41, 5.74) is 4.03. The summed E-state index contributed by atoms with van der Waals surface area (Å²) >= 11 is 0. The van der Waals surface area contributed by atoms with Crippen LogP contribution in [0.1, 0.15) is 11.7 Å². The molecule has 1 atom stereocenters. The second kappa shape index (κ2) is 5.12. The van der Waals surface area contributed by atoms with Crippen LogP contribution in [0.15, 0.2) is 54.6 Å². The number of carbonyl (C=O) groups is 1. The van der Waals surface area contributed by atoms with E-state index in [1.165, 1.54) is 12.1 Å². The third-order valence-electron chi connectivity index (χ3n) is 3.18. The third kappa shape index (κ3) is 2.48. The zero-order valence-electron chi connectivity index (χ0n) is 10.9. The molecule has 1 heterocycles. The van der Waals surface area contributed by atoms with Gasteiger partial charge in [-0.2, -0.15) is 0 Å². The first-order valence-corrected chi connectivity index (χ1v) is 6.31. The molecule has 2 aromatic rings. The fourth-order valence-electron chi connectivity index (χ4n) is 2.23. The molecule has 106 valence electrons. The molecule has 0 bridgehead atoms. The Kier molecular flexibility index (Phi) is 3.15. The van der Waals surface area contributed by atoms with Crippen LogP contribution in [0.25, 0.3) is 0 Å². The van der Waals surface area contributed by atoms with E-state index in [-0.39, 0.29) is 11.7 Å². The van der Waals surface area contributed by atoms with Gasteiger partial charge in [-0.1, -0.05) is 36.4 Å². The van der Waals surface area contributed by atoms with Gasteiger partial charge >= 0.3 is 6.03 Å². The predicted molar refractivity (Wildman–Crippen MR) is 76.4 cm³/mol. The zero-order valence-corrected chi connectivity index (χ0v) is 10.9. The summed E-state index contributed by atoms with van der Waals surface area (Å²) in [5.74, 6) is 0. The molecule has 1 unspecified atom stereocenters. The molecule has 0 radical (unpaired) electrons. The Hall–Kier alpha value is -3.09. The highest BCUT2D eigenvalue weighted by Gasteiger charge is 2.31. The van der Waals surface area contributed by atoms with Gasteiger partial charge in [-0.3, -0.25) is 15.1 Å². The van der Waals surface area contributed by atoms with Crippen LogP contribution < -0.4 is 15.8 Å². The van der Waals surface area contributed by atoms with Crippen LogP contribution in [0.4, 0.5) is 16.2 Å². The number of benzene rings is 2. The van der Waals surface area contributed by atoms with Gasteiger partial charge in [0.15, 0.2) is 0 Å². The summed E-state index contributed by atoms with van der Waals surface area (Å²) < 4.78 is 0. The summed E-state index contributed by atoms with van der Waals surface area (Å²) in [7, 11) is 0. The van der Waals surface area contributed by atoms with Crippen molar-refractivity contribution in [3.8, 4) is 0 Å². The first-order chi connectivity index (χ1) is 10.1. The number of rotatable bonds is 3. The molecule has 0 spiro atoms. The topological polar surface area (TPSA) is 87.5 Å². The standard InChI is InChI=1S/C14H12N4O3/c19-14-15-13(10-5-2-1-3-6-10)17(16-14)11-7-4-8-12(9-11)18(20)21/h1-9,13H,(H2,15,16,19). The van der Waals surface area contributed by atoms with Gasteiger partial charge < -0.3 is 5.32 Å². The van der Waals surface area contributed by atoms with E-state index in [9.17, 15) is 14.9 Å². The summed E-state index contributed by atoms with van der Waals surface area (Å²) in [5, 5.41) is 15.2. The number of nitro benzene ring substituents is 1. The van der Waals surface area contributed by atoms with Crippen LogP contribution in [0.5, 0.6) is 0 Å². The highest BCUT2D eigenvalue weighted by molar-refractivity contribution is 5.81. The molecule has 7 nitrogen and oxygen atoms in total. The number of nitrogens with zero attached hydrogens (tertiary/aromatic N) is 2. The highest BCUT2D eigenvalue weighted by Crippen LogP contribution is 2.28. The lowest BCUT2D eigenvalue weighted by molar-refractivity contribution is -0.384. The fourth-order valence-corrected chi connectivity index (χ4v) is 2.23. The molecule has 2 N–H and O–H groups in total. The number of non-ortho nitro benzene ring substituents is 1. The molecule has 1 aliphatic heterocycles. The Morgan fingerprint density at radius 2 is 1.86 bits per heavy atom. The van der Waals surface area contributed by atoms with E-state index in [4.69, 9.17) is 0 Å². The molecule has 0 aliphatic carbocycles. The molecule has 21 heavy (non-hydrogen) atoms. The van der Waals surface area contributed by atoms with Crippen molar-refractivity contribution in [3.63, 3.8) is 0 Å². The van der Waals surface area contributed by atoms with Crippen molar-refractivity contribution in [2.75, 3.05) is 5.01 Å². The van der Waals surface area contributed by atoms with E-state index in [0.717, 1.165) is 5.56 Å². The van der Waals surface area contributed by atoms with E-state index in [1.54, 1.807) is 17.1 Å². The number of hydrogen-bond donors (Lipinski definition) is 2. The van der Waals surface area contributed by atoms with Crippen molar-refractivity contribution in [1.29, 1.82) is 0 Å². The molecular formula is C14H12N4O3. The largest absolute Gasteiger partial charge is 0.335 e. The molecule has 0 aromatic heterocycles. The van der Waals surface area contributed by atoms with Crippen molar-refractivity contribution in [3.05, 3.63) is 70.3 Å². The number of hydrogen-bond acceptors (Lipinski definition) is 4. The van der Waals surface area contributed by atoms with Crippen LogP contribution >= 0.6 is 0 Å². The SMILES string of the molecule is O=C1NC(c2ccccc2)N(c2cccc([N+](=O)[O-])c2)N1. The minimum atomic E-state index is -0.466. The van der Waals surface area contributed by atoms with Gasteiger partial charge in [-0.15, -0.1) is 0 Å². The molecule has 2 amide bonds. The second-order valence-corrected chi connectivity index (χ2v) is 4.55. The van der Waals surface area contributed by atoms with Crippen LogP contribution in [0.3, 0.4) is 0 Å². The molecular weight excluding hydrogens is 272 g/mol. The maximum absolute atomic E-state index is 11.6. The third-order valence-corrected chi connectivity index (χ3v) is 3.18. The van der Waals surface area contributed by atoms with Gasteiger partial charge in [0.1, 0.15) is 6.17 Å². The molecule has 0 saturated carbocycles. The van der Waals surface area contributed by atoms with Crippen LogP contribution in [0, 0.1) is 10.1 Å². The van der Waals surface area contributed by atoms with Crippen LogP contribution in [-0.2, 0) is 0 Å². The monoisotopic (exact) mass is 284 g/mol. The fraction of sp³-hybridized carbons (Fsp3) is 0.0714. The van der Waals surface area contributed by atoms with Crippen molar-refractivity contribution in [2.24, 2.45) is 0 Å². The van der Waals surface area contributed by atoms with Gasteiger partial charge in [0.05, 0.1) is 10.6 Å². The van der Waals surface area contributed by atoms with Crippen molar-refractivity contribution >= 4 is 17.4 Å². The Morgan fingerprint density at radius 3 is 2.57 bits per heavy atom. The van der Waals surface area contributed by atoms with E-state index < -0.39 is 11.1 Å². The van der Waals surface area contributed by atoms with Gasteiger partial charge in [-0.25, -0.2) is 10.2 Å². The van der Waals surface area contributed by atoms with Gasteiger partial charge in [0.25, 0.3) is 5.69 Å². The Morgan fingerprint density at radius 1 is 1.10 bits per heavy atom. The first kappa shape index (κ1) is 12.9. The lowest BCUT2D eigenvalue weighted by Crippen LogP contribution is -2.34. The molecule has 3 rings (SSSR count).